The van der Waals surface area contributed by atoms with Crippen molar-refractivity contribution in [2.75, 3.05) is 18.2 Å². The summed E-state index contributed by atoms with van der Waals surface area (Å²) in [5, 5.41) is 5.51. The number of anilines is 1. The van der Waals surface area contributed by atoms with E-state index >= 15 is 0 Å². The van der Waals surface area contributed by atoms with Crippen LogP contribution in [0.3, 0.4) is 0 Å². The molecule has 0 spiro atoms. The number of hydrogen-bond acceptors (Lipinski definition) is 7. The van der Waals surface area contributed by atoms with Crippen LogP contribution < -0.4 is 25.0 Å². The van der Waals surface area contributed by atoms with E-state index in [0.717, 1.165) is 0 Å². The number of furan rings is 1. The maximum atomic E-state index is 13.6. The molecule has 0 aliphatic carbocycles. The zero-order valence-corrected chi connectivity index (χ0v) is 19.6. The Morgan fingerprint density at radius 1 is 1.06 bits per heavy atom. The van der Waals surface area contributed by atoms with Crippen LogP contribution in [-0.2, 0) is 9.59 Å². The predicted octanol–water partition coefficient (Wildman–Crippen LogP) is 2.82. The average Bonchev–Trinajstić information content (AvgIpc) is 3.52. The summed E-state index contributed by atoms with van der Waals surface area (Å²) in [5.74, 6) is -0.407. The first-order valence-corrected chi connectivity index (χ1v) is 11.0. The second-order valence-corrected chi connectivity index (χ2v) is 8.88. The van der Waals surface area contributed by atoms with Gasteiger partial charge in [0.15, 0.2) is 17.3 Å². The topological polar surface area (TPSA) is 123 Å². The fourth-order valence-electron chi connectivity index (χ4n) is 3.61. The molecule has 0 unspecified atom stereocenters. The smallest absolute Gasteiger partial charge is 0.287 e. The van der Waals surface area contributed by atoms with Crippen molar-refractivity contribution in [1.29, 1.82) is 0 Å². The van der Waals surface area contributed by atoms with Crippen LogP contribution in [-0.4, -0.2) is 41.6 Å². The van der Waals surface area contributed by atoms with Gasteiger partial charge in [-0.2, -0.15) is 0 Å². The van der Waals surface area contributed by atoms with Crippen LogP contribution in [0, 0.1) is 0 Å². The molecule has 182 valence electrons. The zero-order chi connectivity index (χ0) is 25.0. The Morgan fingerprint density at radius 3 is 2.49 bits per heavy atom. The molecule has 0 bridgehead atoms. The Labute approximate surface area is 202 Å². The van der Waals surface area contributed by atoms with Gasteiger partial charge in [-0.15, -0.1) is 0 Å². The molecule has 0 radical (unpaired) electrons. The van der Waals surface area contributed by atoms with Crippen molar-refractivity contribution < 1.29 is 28.3 Å². The van der Waals surface area contributed by atoms with Gasteiger partial charge in [-0.05, 0) is 62.7 Å². The summed E-state index contributed by atoms with van der Waals surface area (Å²) >= 11 is 0. The summed E-state index contributed by atoms with van der Waals surface area (Å²) in [4.78, 5) is 44.9. The third-order valence-corrected chi connectivity index (χ3v) is 5.07. The second kappa shape index (κ2) is 9.88. The van der Waals surface area contributed by atoms with E-state index in [2.05, 4.69) is 15.6 Å². The number of fused-ring (bicyclic) bond motifs is 1. The van der Waals surface area contributed by atoms with E-state index in [9.17, 15) is 14.4 Å². The normalized spacial score (nSPS) is 13.1. The first-order valence-electron chi connectivity index (χ1n) is 11.0. The second-order valence-electron chi connectivity index (χ2n) is 8.88. The Balaban J connectivity index is 1.72. The van der Waals surface area contributed by atoms with Crippen LogP contribution in [0.2, 0.25) is 0 Å². The maximum Gasteiger partial charge on any atom is 0.287 e. The number of aromatic nitrogens is 1. The summed E-state index contributed by atoms with van der Waals surface area (Å²) in [6, 6.07) is 10.3. The van der Waals surface area contributed by atoms with Gasteiger partial charge in [0, 0.05) is 29.7 Å². The van der Waals surface area contributed by atoms with Crippen molar-refractivity contribution >= 4 is 23.4 Å². The van der Waals surface area contributed by atoms with Gasteiger partial charge in [0.25, 0.3) is 5.91 Å². The predicted molar refractivity (Wildman–Crippen MR) is 126 cm³/mol. The molecule has 3 amide bonds. The van der Waals surface area contributed by atoms with E-state index in [0.29, 0.717) is 22.7 Å². The SMILES string of the molecule is CC(C)(C)NC(=O)[C@H](c1ccncc1)N(C(=O)CNC(=O)c1ccco1)c1ccc2c(c1)OCO2. The van der Waals surface area contributed by atoms with Crippen LogP contribution >= 0.6 is 0 Å². The van der Waals surface area contributed by atoms with Crippen LogP contribution in [0.1, 0.15) is 42.9 Å². The van der Waals surface area contributed by atoms with Crippen molar-refractivity contribution in [3.8, 4) is 11.5 Å². The summed E-state index contributed by atoms with van der Waals surface area (Å²) in [5.41, 5.74) is 0.391. The van der Waals surface area contributed by atoms with E-state index in [4.69, 9.17) is 13.9 Å². The Bertz CT molecular complexity index is 1200. The minimum Gasteiger partial charge on any atom is -0.459 e. The highest BCUT2D eigenvalue weighted by Crippen LogP contribution is 2.38. The van der Waals surface area contributed by atoms with E-state index in [1.54, 1.807) is 48.8 Å². The first kappa shape index (κ1) is 23.8. The van der Waals surface area contributed by atoms with Gasteiger partial charge in [0.2, 0.25) is 18.6 Å². The van der Waals surface area contributed by atoms with Gasteiger partial charge >= 0.3 is 0 Å². The molecule has 1 aliphatic heterocycles. The monoisotopic (exact) mass is 478 g/mol. The van der Waals surface area contributed by atoms with Crippen LogP contribution in [0.15, 0.2) is 65.5 Å². The number of ether oxygens (including phenoxy) is 2. The molecule has 0 saturated heterocycles. The number of pyridine rings is 1. The molecule has 10 nitrogen and oxygen atoms in total. The maximum absolute atomic E-state index is 13.6. The zero-order valence-electron chi connectivity index (χ0n) is 19.6. The van der Waals surface area contributed by atoms with Crippen LogP contribution in [0.5, 0.6) is 11.5 Å². The van der Waals surface area contributed by atoms with E-state index in [1.807, 2.05) is 20.8 Å². The van der Waals surface area contributed by atoms with Crippen molar-refractivity contribution in [2.24, 2.45) is 0 Å². The van der Waals surface area contributed by atoms with Gasteiger partial charge in [0.1, 0.15) is 6.04 Å². The standard InChI is InChI=1S/C25H26N4O6/c1-25(2,3)28-24(32)22(16-8-10-26-11-9-16)29(17-6-7-18-20(13-17)35-15-34-18)21(30)14-27-23(31)19-5-4-12-33-19/h4-13,22H,14-15H2,1-3H3,(H,27,31)(H,28,32)/t22-/m0/s1. The lowest BCUT2D eigenvalue weighted by molar-refractivity contribution is -0.127. The van der Waals surface area contributed by atoms with Crippen molar-refractivity contribution in [3.05, 3.63) is 72.4 Å². The third-order valence-electron chi connectivity index (χ3n) is 5.07. The molecular formula is C25H26N4O6. The lowest BCUT2D eigenvalue weighted by Gasteiger charge is -2.33. The summed E-state index contributed by atoms with van der Waals surface area (Å²) in [7, 11) is 0. The number of nitrogens with zero attached hydrogens (tertiary/aromatic N) is 2. The van der Waals surface area contributed by atoms with Crippen molar-refractivity contribution in [2.45, 2.75) is 32.4 Å². The number of benzene rings is 1. The van der Waals surface area contributed by atoms with Crippen LogP contribution in [0.25, 0.3) is 0 Å². The molecule has 0 fully saturated rings. The van der Waals surface area contributed by atoms with Crippen molar-refractivity contribution in [3.63, 3.8) is 0 Å². The molecule has 10 heteroatoms. The van der Waals surface area contributed by atoms with Gasteiger partial charge < -0.3 is 24.5 Å². The highest BCUT2D eigenvalue weighted by molar-refractivity contribution is 6.04. The Hall–Kier alpha value is -4.34. The van der Waals surface area contributed by atoms with Gasteiger partial charge in [0.05, 0.1) is 12.8 Å². The lowest BCUT2D eigenvalue weighted by Crippen LogP contribution is -2.51. The van der Waals surface area contributed by atoms with Crippen molar-refractivity contribution in [1.82, 2.24) is 15.6 Å². The molecule has 2 aromatic heterocycles. The Morgan fingerprint density at radius 2 is 1.80 bits per heavy atom. The molecule has 1 atom stereocenters. The van der Waals surface area contributed by atoms with Gasteiger partial charge in [-0.1, -0.05) is 0 Å². The molecule has 1 aliphatic rings. The fraction of sp³-hybridized carbons (Fsp3) is 0.280. The molecule has 0 saturated carbocycles. The molecule has 3 aromatic rings. The van der Waals surface area contributed by atoms with Crippen LogP contribution in [0.4, 0.5) is 5.69 Å². The Kier molecular flexibility index (Phi) is 6.72. The van der Waals surface area contributed by atoms with E-state index in [-0.39, 0.29) is 19.1 Å². The number of carbonyl (C=O) groups is 3. The molecule has 1 aromatic carbocycles. The lowest BCUT2D eigenvalue weighted by atomic mass is 10.0. The third kappa shape index (κ3) is 5.60. The minimum atomic E-state index is -1.05. The largest absolute Gasteiger partial charge is 0.459 e. The molecular weight excluding hydrogens is 452 g/mol. The number of rotatable bonds is 7. The van der Waals surface area contributed by atoms with Gasteiger partial charge in [-0.3, -0.25) is 24.3 Å². The highest BCUT2D eigenvalue weighted by atomic mass is 16.7. The first-order chi connectivity index (χ1) is 16.7. The van der Waals surface area contributed by atoms with E-state index in [1.165, 1.54) is 17.2 Å². The fourth-order valence-corrected chi connectivity index (χ4v) is 3.61. The summed E-state index contributed by atoms with van der Waals surface area (Å²) in [6.07, 6.45) is 4.47. The summed E-state index contributed by atoms with van der Waals surface area (Å²) < 4.78 is 16.0. The molecule has 35 heavy (non-hydrogen) atoms. The quantitative estimate of drug-likeness (QED) is 0.535. The molecule has 2 N–H and O–H groups in total. The average molecular weight is 479 g/mol. The van der Waals surface area contributed by atoms with Gasteiger partial charge in [-0.25, -0.2) is 0 Å². The molecule has 3 heterocycles. The minimum absolute atomic E-state index is 0.0598. The number of hydrogen-bond donors (Lipinski definition) is 2. The summed E-state index contributed by atoms with van der Waals surface area (Å²) in [6.45, 7) is 5.24. The van der Waals surface area contributed by atoms with E-state index < -0.39 is 29.3 Å². The number of nitrogens with one attached hydrogen (secondary N) is 2. The number of amides is 3. The highest BCUT2D eigenvalue weighted by Gasteiger charge is 2.35. The number of carbonyl (C=O) groups excluding carboxylic acids is 3. The molecule has 4 rings (SSSR count).